The predicted molar refractivity (Wildman–Crippen MR) is 80.1 cm³/mol. The molecule has 7 heteroatoms. The van der Waals surface area contributed by atoms with E-state index < -0.39 is 0 Å². The van der Waals surface area contributed by atoms with Crippen molar-refractivity contribution in [1.29, 1.82) is 5.41 Å². The summed E-state index contributed by atoms with van der Waals surface area (Å²) in [7, 11) is 0. The van der Waals surface area contributed by atoms with E-state index in [1.807, 2.05) is 37.3 Å². The Labute approximate surface area is 120 Å². The van der Waals surface area contributed by atoms with Gasteiger partial charge >= 0.3 is 5.69 Å². The third-order valence-corrected chi connectivity index (χ3v) is 4.11. The summed E-state index contributed by atoms with van der Waals surface area (Å²) in [5.41, 5.74) is 6.38. The van der Waals surface area contributed by atoms with Gasteiger partial charge in [-0.3, -0.25) is 9.98 Å². The van der Waals surface area contributed by atoms with E-state index in [1.54, 1.807) is 4.57 Å². The van der Waals surface area contributed by atoms with Gasteiger partial charge in [-0.25, -0.2) is 9.89 Å². The van der Waals surface area contributed by atoms with Crippen LogP contribution in [0, 0.1) is 5.41 Å². The van der Waals surface area contributed by atoms with Crippen LogP contribution in [0.1, 0.15) is 24.2 Å². The molecule has 4 N–H and O–H groups in total. The Morgan fingerprint density at radius 1 is 1.50 bits per heavy atom. The van der Waals surface area contributed by atoms with Gasteiger partial charge in [-0.2, -0.15) is 0 Å². The molecule has 0 spiro atoms. The van der Waals surface area contributed by atoms with Crippen molar-refractivity contribution in [2.45, 2.75) is 30.3 Å². The second-order valence-electron chi connectivity index (χ2n) is 4.30. The zero-order chi connectivity index (χ0) is 14.5. The molecule has 2 rings (SSSR count). The highest BCUT2D eigenvalue weighted by Gasteiger charge is 2.18. The molecule has 0 aliphatic carbocycles. The lowest BCUT2D eigenvalue weighted by atomic mass is 10.1. The van der Waals surface area contributed by atoms with E-state index in [-0.39, 0.29) is 16.8 Å². The summed E-state index contributed by atoms with van der Waals surface area (Å²) in [6.45, 7) is 2.45. The van der Waals surface area contributed by atoms with Crippen molar-refractivity contribution in [3.8, 4) is 0 Å². The Morgan fingerprint density at radius 2 is 2.20 bits per heavy atom. The molecule has 0 amide bonds. The van der Waals surface area contributed by atoms with Gasteiger partial charge in [0.25, 0.3) is 0 Å². The van der Waals surface area contributed by atoms with Crippen LogP contribution in [-0.2, 0) is 6.54 Å². The van der Waals surface area contributed by atoms with E-state index in [9.17, 15) is 4.79 Å². The van der Waals surface area contributed by atoms with Gasteiger partial charge in [-0.05, 0) is 12.5 Å². The predicted octanol–water partition coefficient (Wildman–Crippen LogP) is 1.75. The Morgan fingerprint density at radius 3 is 2.80 bits per heavy atom. The molecule has 1 atom stereocenters. The topological polar surface area (TPSA) is 101 Å². The Hall–Kier alpha value is -2.02. The van der Waals surface area contributed by atoms with Gasteiger partial charge in [-0.1, -0.05) is 42.1 Å². The average molecular weight is 291 g/mol. The van der Waals surface area contributed by atoms with E-state index in [0.717, 1.165) is 5.56 Å². The lowest BCUT2D eigenvalue weighted by Crippen LogP contribution is -2.17. The van der Waals surface area contributed by atoms with Gasteiger partial charge in [0, 0.05) is 18.2 Å². The lowest BCUT2D eigenvalue weighted by Gasteiger charge is -2.15. The smallest absolute Gasteiger partial charge is 0.343 e. The van der Waals surface area contributed by atoms with Crippen molar-refractivity contribution >= 4 is 17.6 Å². The van der Waals surface area contributed by atoms with Crippen LogP contribution in [-0.4, -0.2) is 20.6 Å². The van der Waals surface area contributed by atoms with Gasteiger partial charge in [0.2, 0.25) is 0 Å². The van der Waals surface area contributed by atoms with E-state index in [4.69, 9.17) is 11.1 Å². The van der Waals surface area contributed by atoms with E-state index in [0.29, 0.717) is 18.1 Å². The molecule has 20 heavy (non-hydrogen) atoms. The van der Waals surface area contributed by atoms with Crippen LogP contribution in [0.25, 0.3) is 0 Å². The summed E-state index contributed by atoms with van der Waals surface area (Å²) in [6.07, 6.45) is 0.416. The number of amidine groups is 1. The molecule has 0 aliphatic heterocycles. The van der Waals surface area contributed by atoms with Gasteiger partial charge in [-0.15, -0.1) is 5.10 Å². The molecule has 1 aromatic heterocycles. The molecule has 0 saturated heterocycles. The van der Waals surface area contributed by atoms with Crippen LogP contribution in [0.15, 0.2) is 40.3 Å². The molecular formula is C13H17N5OS. The highest BCUT2D eigenvalue weighted by molar-refractivity contribution is 7.99. The fourth-order valence-electron chi connectivity index (χ4n) is 1.89. The SMILES string of the molecule is CCn1c(SC(CC(=N)N)c2ccccc2)n[nH]c1=O. The Bertz CT molecular complexity index is 634. The number of hydrogen-bond acceptors (Lipinski definition) is 4. The highest BCUT2D eigenvalue weighted by Crippen LogP contribution is 2.36. The molecular weight excluding hydrogens is 274 g/mol. The summed E-state index contributed by atoms with van der Waals surface area (Å²) in [5, 5.41) is 14.6. The number of thioether (sulfide) groups is 1. The number of nitrogens with zero attached hydrogens (tertiary/aromatic N) is 2. The first-order valence-corrected chi connectivity index (χ1v) is 7.19. The zero-order valence-corrected chi connectivity index (χ0v) is 12.0. The van der Waals surface area contributed by atoms with Crippen LogP contribution in [0.2, 0.25) is 0 Å². The van der Waals surface area contributed by atoms with Gasteiger partial charge in [0.05, 0.1) is 5.84 Å². The van der Waals surface area contributed by atoms with E-state index in [1.165, 1.54) is 11.8 Å². The van der Waals surface area contributed by atoms with E-state index >= 15 is 0 Å². The van der Waals surface area contributed by atoms with Crippen LogP contribution in [0.5, 0.6) is 0 Å². The zero-order valence-electron chi connectivity index (χ0n) is 11.2. The first-order valence-electron chi connectivity index (χ1n) is 6.31. The molecule has 0 fully saturated rings. The number of rotatable bonds is 6. The molecule has 1 heterocycles. The summed E-state index contributed by atoms with van der Waals surface area (Å²) >= 11 is 1.44. The molecule has 0 saturated carbocycles. The van der Waals surface area contributed by atoms with Crippen molar-refractivity contribution < 1.29 is 0 Å². The number of hydrogen-bond donors (Lipinski definition) is 3. The normalized spacial score (nSPS) is 12.2. The Kier molecular flexibility index (Phi) is 4.62. The molecule has 1 aromatic carbocycles. The highest BCUT2D eigenvalue weighted by atomic mass is 32.2. The Balaban J connectivity index is 2.28. The average Bonchev–Trinajstić information content (AvgIpc) is 2.79. The first-order chi connectivity index (χ1) is 9.61. The fourth-order valence-corrected chi connectivity index (χ4v) is 3.14. The summed E-state index contributed by atoms with van der Waals surface area (Å²) < 4.78 is 1.57. The van der Waals surface area contributed by atoms with Gasteiger partial charge < -0.3 is 5.73 Å². The maximum Gasteiger partial charge on any atom is 0.343 e. The minimum atomic E-state index is -0.218. The summed E-state index contributed by atoms with van der Waals surface area (Å²) in [4.78, 5) is 11.6. The quantitative estimate of drug-likeness (QED) is 0.429. The molecule has 6 nitrogen and oxygen atoms in total. The summed E-state index contributed by atoms with van der Waals surface area (Å²) in [6, 6.07) is 9.81. The number of aromatic amines is 1. The molecule has 0 radical (unpaired) electrons. The standard InChI is InChI=1S/C13H17N5OS/c1-2-18-12(19)16-17-13(18)20-10(8-11(14)15)9-6-4-3-5-7-9/h3-7,10H,2,8H2,1H3,(H3,14,15)(H,16,19). The number of nitrogens with one attached hydrogen (secondary N) is 2. The summed E-state index contributed by atoms with van der Waals surface area (Å²) in [5.74, 6) is 0.118. The number of nitrogens with two attached hydrogens (primary N) is 1. The van der Waals surface area contributed by atoms with Crippen molar-refractivity contribution in [2.75, 3.05) is 0 Å². The van der Waals surface area contributed by atoms with Crippen molar-refractivity contribution in [2.24, 2.45) is 5.73 Å². The maximum absolute atomic E-state index is 11.6. The third kappa shape index (κ3) is 3.30. The molecule has 0 bridgehead atoms. The molecule has 1 unspecified atom stereocenters. The number of benzene rings is 1. The van der Waals surface area contributed by atoms with Crippen molar-refractivity contribution in [1.82, 2.24) is 14.8 Å². The largest absolute Gasteiger partial charge is 0.388 e. The fraction of sp³-hybridized carbons (Fsp3) is 0.308. The molecule has 0 aliphatic rings. The van der Waals surface area contributed by atoms with Crippen molar-refractivity contribution in [3.63, 3.8) is 0 Å². The van der Waals surface area contributed by atoms with Crippen LogP contribution in [0.3, 0.4) is 0 Å². The van der Waals surface area contributed by atoms with E-state index in [2.05, 4.69) is 10.2 Å². The third-order valence-electron chi connectivity index (χ3n) is 2.86. The lowest BCUT2D eigenvalue weighted by molar-refractivity contribution is 0.658. The first kappa shape index (κ1) is 14.4. The number of H-pyrrole nitrogens is 1. The molecule has 106 valence electrons. The van der Waals surface area contributed by atoms with Gasteiger partial charge in [0.15, 0.2) is 5.16 Å². The maximum atomic E-state index is 11.6. The van der Waals surface area contributed by atoms with Crippen LogP contribution < -0.4 is 11.4 Å². The van der Waals surface area contributed by atoms with Gasteiger partial charge in [0.1, 0.15) is 0 Å². The van der Waals surface area contributed by atoms with Crippen molar-refractivity contribution in [3.05, 3.63) is 46.4 Å². The second-order valence-corrected chi connectivity index (χ2v) is 5.47. The monoisotopic (exact) mass is 291 g/mol. The molecule has 2 aromatic rings. The van der Waals surface area contributed by atoms with Crippen LogP contribution in [0.4, 0.5) is 0 Å². The second kappa shape index (κ2) is 6.42. The number of aromatic nitrogens is 3. The minimum Gasteiger partial charge on any atom is -0.388 e. The van der Waals surface area contributed by atoms with Crippen LogP contribution >= 0.6 is 11.8 Å². The minimum absolute atomic E-state index is 0.0331.